The standard InChI is InChI=1S/C13H13F2NS2/c1-9(11-7-4-8-17-11)16-10-5-2-3-6-12(10)18-13(14)15/h2-9,13,16H,1H3. The van der Waals surface area contributed by atoms with Crippen LogP contribution in [0, 0.1) is 0 Å². The van der Waals surface area contributed by atoms with E-state index in [1.54, 1.807) is 23.5 Å². The molecule has 1 heterocycles. The largest absolute Gasteiger partial charge is 0.377 e. The third-order valence-electron chi connectivity index (χ3n) is 2.45. The first-order valence-corrected chi connectivity index (χ1v) is 7.26. The van der Waals surface area contributed by atoms with Crippen LogP contribution in [-0.2, 0) is 0 Å². The van der Waals surface area contributed by atoms with E-state index in [4.69, 9.17) is 0 Å². The van der Waals surface area contributed by atoms with E-state index < -0.39 is 5.76 Å². The van der Waals surface area contributed by atoms with Gasteiger partial charge in [0, 0.05) is 15.5 Å². The van der Waals surface area contributed by atoms with Gasteiger partial charge in [-0.2, -0.15) is 8.78 Å². The highest BCUT2D eigenvalue weighted by Gasteiger charge is 2.12. The lowest BCUT2D eigenvalue weighted by Crippen LogP contribution is -2.05. The Morgan fingerprint density at radius 2 is 1.94 bits per heavy atom. The minimum absolute atomic E-state index is 0.115. The Hall–Kier alpha value is -1.07. The summed E-state index contributed by atoms with van der Waals surface area (Å²) in [6, 6.07) is 11.3. The molecule has 5 heteroatoms. The molecule has 18 heavy (non-hydrogen) atoms. The molecular weight excluding hydrogens is 272 g/mol. The fraction of sp³-hybridized carbons (Fsp3) is 0.231. The van der Waals surface area contributed by atoms with Gasteiger partial charge in [0.05, 0.1) is 6.04 Å². The molecule has 1 N–H and O–H groups in total. The van der Waals surface area contributed by atoms with Crippen molar-refractivity contribution in [2.45, 2.75) is 23.6 Å². The van der Waals surface area contributed by atoms with Crippen LogP contribution in [0.5, 0.6) is 0 Å². The molecule has 0 aliphatic carbocycles. The number of halogens is 2. The number of rotatable bonds is 5. The zero-order chi connectivity index (χ0) is 13.0. The lowest BCUT2D eigenvalue weighted by Gasteiger charge is -2.16. The second-order valence-electron chi connectivity index (χ2n) is 3.76. The van der Waals surface area contributed by atoms with Crippen LogP contribution in [-0.4, -0.2) is 5.76 Å². The molecule has 0 saturated carbocycles. The molecule has 1 nitrogen and oxygen atoms in total. The number of para-hydroxylation sites is 1. The number of anilines is 1. The van der Waals surface area contributed by atoms with Crippen molar-refractivity contribution in [2.24, 2.45) is 0 Å². The average molecular weight is 285 g/mol. The monoisotopic (exact) mass is 285 g/mol. The van der Waals surface area contributed by atoms with Gasteiger partial charge in [0.15, 0.2) is 0 Å². The summed E-state index contributed by atoms with van der Waals surface area (Å²) in [5.74, 6) is -2.40. The first-order valence-electron chi connectivity index (χ1n) is 5.50. The summed E-state index contributed by atoms with van der Waals surface area (Å²) in [7, 11) is 0. The number of alkyl halides is 2. The van der Waals surface area contributed by atoms with Gasteiger partial charge in [-0.1, -0.05) is 30.0 Å². The average Bonchev–Trinajstić information content (AvgIpc) is 2.84. The van der Waals surface area contributed by atoms with Crippen LogP contribution in [0.1, 0.15) is 17.8 Å². The highest BCUT2D eigenvalue weighted by atomic mass is 32.2. The van der Waals surface area contributed by atoms with Crippen molar-refractivity contribution in [3.05, 3.63) is 46.7 Å². The van der Waals surface area contributed by atoms with Gasteiger partial charge in [0.25, 0.3) is 5.76 Å². The maximum atomic E-state index is 12.4. The normalized spacial score (nSPS) is 12.7. The third kappa shape index (κ3) is 3.46. The van der Waals surface area contributed by atoms with E-state index in [1.807, 2.05) is 36.6 Å². The van der Waals surface area contributed by atoms with Crippen LogP contribution < -0.4 is 5.32 Å². The molecule has 0 spiro atoms. The summed E-state index contributed by atoms with van der Waals surface area (Å²) in [5.41, 5.74) is 0.753. The fourth-order valence-electron chi connectivity index (χ4n) is 1.63. The Balaban J connectivity index is 2.13. The molecule has 0 amide bonds. The summed E-state index contributed by atoms with van der Waals surface area (Å²) in [5, 5.41) is 5.28. The van der Waals surface area contributed by atoms with E-state index in [2.05, 4.69) is 5.32 Å². The third-order valence-corrected chi connectivity index (χ3v) is 4.29. The van der Waals surface area contributed by atoms with Gasteiger partial charge in [0.2, 0.25) is 0 Å². The molecule has 0 aliphatic heterocycles. The van der Waals surface area contributed by atoms with Gasteiger partial charge in [-0.3, -0.25) is 0 Å². The van der Waals surface area contributed by atoms with Crippen LogP contribution in [0.3, 0.4) is 0 Å². The number of hydrogen-bond acceptors (Lipinski definition) is 3. The molecule has 1 unspecified atom stereocenters. The van der Waals surface area contributed by atoms with E-state index >= 15 is 0 Å². The molecule has 0 fully saturated rings. The van der Waals surface area contributed by atoms with Crippen molar-refractivity contribution in [2.75, 3.05) is 5.32 Å². The molecule has 1 aromatic carbocycles. The minimum atomic E-state index is -2.40. The van der Waals surface area contributed by atoms with Gasteiger partial charge in [-0.05, 0) is 30.5 Å². The lowest BCUT2D eigenvalue weighted by atomic mass is 10.2. The summed E-state index contributed by atoms with van der Waals surface area (Å²) >= 11 is 2.22. The van der Waals surface area contributed by atoms with Crippen molar-refractivity contribution in [3.8, 4) is 0 Å². The zero-order valence-corrected chi connectivity index (χ0v) is 11.4. The van der Waals surface area contributed by atoms with Gasteiger partial charge in [0.1, 0.15) is 0 Å². The molecule has 0 bridgehead atoms. The van der Waals surface area contributed by atoms with Crippen LogP contribution in [0.25, 0.3) is 0 Å². The van der Waals surface area contributed by atoms with Gasteiger partial charge < -0.3 is 5.32 Å². The lowest BCUT2D eigenvalue weighted by molar-refractivity contribution is 0.252. The predicted octanol–water partition coefficient (Wildman–Crippen LogP) is 5.24. The molecule has 0 aliphatic rings. The van der Waals surface area contributed by atoms with E-state index in [0.717, 1.165) is 5.69 Å². The van der Waals surface area contributed by atoms with Crippen LogP contribution in [0.2, 0.25) is 0 Å². The SMILES string of the molecule is CC(Nc1ccccc1SC(F)F)c1cccs1. The first-order chi connectivity index (χ1) is 8.66. The van der Waals surface area contributed by atoms with Crippen molar-refractivity contribution in [1.29, 1.82) is 0 Å². The Labute approximate surface area is 113 Å². The van der Waals surface area contributed by atoms with Crippen molar-refractivity contribution in [1.82, 2.24) is 0 Å². The minimum Gasteiger partial charge on any atom is -0.377 e. The number of hydrogen-bond donors (Lipinski definition) is 1. The van der Waals surface area contributed by atoms with Gasteiger partial charge in [-0.25, -0.2) is 0 Å². The Morgan fingerprint density at radius 3 is 2.61 bits per heavy atom. The maximum Gasteiger partial charge on any atom is 0.288 e. The molecule has 1 atom stereocenters. The molecule has 0 saturated heterocycles. The van der Waals surface area contributed by atoms with Crippen LogP contribution in [0.4, 0.5) is 14.5 Å². The Morgan fingerprint density at radius 1 is 1.17 bits per heavy atom. The van der Waals surface area contributed by atoms with E-state index in [9.17, 15) is 8.78 Å². The Kier molecular flexibility index (Phi) is 4.60. The highest BCUT2D eigenvalue weighted by Crippen LogP contribution is 2.34. The molecule has 1 aromatic heterocycles. The molecule has 0 radical (unpaired) electrons. The quantitative estimate of drug-likeness (QED) is 0.754. The van der Waals surface area contributed by atoms with Crippen LogP contribution in [0.15, 0.2) is 46.7 Å². The van der Waals surface area contributed by atoms with Crippen molar-refractivity contribution < 1.29 is 8.78 Å². The van der Waals surface area contributed by atoms with Crippen molar-refractivity contribution in [3.63, 3.8) is 0 Å². The maximum absolute atomic E-state index is 12.4. The van der Waals surface area contributed by atoms with Gasteiger partial charge >= 0.3 is 0 Å². The smallest absolute Gasteiger partial charge is 0.288 e. The number of thiophene rings is 1. The Bertz CT molecular complexity index is 485. The molecule has 96 valence electrons. The van der Waals surface area contributed by atoms with Crippen LogP contribution >= 0.6 is 23.1 Å². The molecule has 2 aromatic rings. The van der Waals surface area contributed by atoms with E-state index in [-0.39, 0.29) is 6.04 Å². The zero-order valence-electron chi connectivity index (χ0n) is 9.77. The second-order valence-corrected chi connectivity index (χ2v) is 5.77. The number of thioether (sulfide) groups is 1. The number of nitrogens with one attached hydrogen (secondary N) is 1. The fourth-order valence-corrected chi connectivity index (χ4v) is 2.96. The highest BCUT2D eigenvalue weighted by molar-refractivity contribution is 7.99. The van der Waals surface area contributed by atoms with E-state index in [1.165, 1.54) is 4.88 Å². The van der Waals surface area contributed by atoms with Crippen molar-refractivity contribution >= 4 is 28.8 Å². The van der Waals surface area contributed by atoms with Gasteiger partial charge in [-0.15, -0.1) is 11.3 Å². The predicted molar refractivity (Wildman–Crippen MR) is 74.7 cm³/mol. The summed E-state index contributed by atoms with van der Waals surface area (Å²) in [4.78, 5) is 1.77. The summed E-state index contributed by atoms with van der Waals surface area (Å²) < 4.78 is 24.9. The first kappa shape index (κ1) is 13.4. The second kappa shape index (κ2) is 6.20. The topological polar surface area (TPSA) is 12.0 Å². The molecule has 2 rings (SSSR count). The summed E-state index contributed by atoms with van der Waals surface area (Å²) in [6.07, 6.45) is 0. The number of benzene rings is 1. The molecular formula is C13H13F2NS2. The van der Waals surface area contributed by atoms with E-state index in [0.29, 0.717) is 16.7 Å². The summed E-state index contributed by atoms with van der Waals surface area (Å²) in [6.45, 7) is 2.02.